The minimum atomic E-state index is 0. The maximum absolute atomic E-state index is 12.4. The predicted molar refractivity (Wildman–Crippen MR) is 115 cm³/mol. The van der Waals surface area contributed by atoms with E-state index in [1.54, 1.807) is 0 Å². The van der Waals surface area contributed by atoms with Crippen LogP contribution < -0.4 is 10.6 Å². The van der Waals surface area contributed by atoms with Crippen molar-refractivity contribution in [2.45, 2.75) is 45.4 Å². The van der Waals surface area contributed by atoms with Gasteiger partial charge in [-0.05, 0) is 19.3 Å². The third-order valence-electron chi connectivity index (χ3n) is 5.16. The summed E-state index contributed by atoms with van der Waals surface area (Å²) in [4.78, 5) is 21.2. The van der Waals surface area contributed by atoms with E-state index < -0.39 is 0 Å². The van der Waals surface area contributed by atoms with E-state index in [0.717, 1.165) is 71.0 Å². The van der Waals surface area contributed by atoms with Gasteiger partial charge >= 0.3 is 0 Å². The maximum atomic E-state index is 12.4. The van der Waals surface area contributed by atoms with Gasteiger partial charge in [-0.1, -0.05) is 26.2 Å². The van der Waals surface area contributed by atoms with Crippen LogP contribution in [0.3, 0.4) is 0 Å². The van der Waals surface area contributed by atoms with Crippen molar-refractivity contribution in [3.8, 4) is 0 Å². The Labute approximate surface area is 170 Å². The number of hydrogen-bond acceptors (Lipinski definition) is 3. The van der Waals surface area contributed by atoms with Crippen molar-refractivity contribution in [1.29, 1.82) is 0 Å². The lowest BCUT2D eigenvalue weighted by Gasteiger charge is -2.36. The largest absolute Gasteiger partial charge is 0.356 e. The van der Waals surface area contributed by atoms with Crippen LogP contribution in [0.15, 0.2) is 4.99 Å². The second-order valence-corrected chi connectivity index (χ2v) is 6.93. The van der Waals surface area contributed by atoms with Crippen LogP contribution in [-0.4, -0.2) is 74.5 Å². The van der Waals surface area contributed by atoms with E-state index >= 15 is 0 Å². The fraction of sp³-hybridized carbons (Fsp3) is 0.889. The molecular weight excluding hydrogens is 429 g/mol. The third kappa shape index (κ3) is 7.68. The van der Waals surface area contributed by atoms with Crippen LogP contribution in [0.5, 0.6) is 0 Å². The molecule has 1 amide bonds. The fourth-order valence-corrected chi connectivity index (χ4v) is 3.56. The van der Waals surface area contributed by atoms with Crippen molar-refractivity contribution in [3.63, 3.8) is 0 Å². The van der Waals surface area contributed by atoms with E-state index in [9.17, 15) is 4.79 Å². The molecule has 0 unspecified atom stereocenters. The van der Waals surface area contributed by atoms with Crippen molar-refractivity contribution < 1.29 is 4.79 Å². The Morgan fingerprint density at radius 2 is 1.72 bits per heavy atom. The van der Waals surface area contributed by atoms with Crippen LogP contribution in [0, 0.1) is 5.92 Å². The number of hydrogen-bond donors (Lipinski definition) is 2. The second-order valence-electron chi connectivity index (χ2n) is 6.93. The lowest BCUT2D eigenvalue weighted by molar-refractivity contribution is -0.137. The summed E-state index contributed by atoms with van der Waals surface area (Å²) in [5.74, 6) is 1.61. The highest BCUT2D eigenvalue weighted by molar-refractivity contribution is 14.0. The Kier molecular flexibility index (Phi) is 11.4. The van der Waals surface area contributed by atoms with Gasteiger partial charge in [-0.25, -0.2) is 0 Å². The first-order chi connectivity index (χ1) is 11.7. The third-order valence-corrected chi connectivity index (χ3v) is 5.16. The first kappa shape index (κ1) is 22.5. The smallest absolute Gasteiger partial charge is 0.225 e. The Morgan fingerprint density at radius 3 is 2.32 bits per heavy atom. The van der Waals surface area contributed by atoms with E-state index in [1.807, 2.05) is 7.05 Å². The van der Waals surface area contributed by atoms with Crippen molar-refractivity contribution in [1.82, 2.24) is 20.4 Å². The maximum Gasteiger partial charge on any atom is 0.225 e. The molecule has 1 heterocycles. The molecule has 2 rings (SSSR count). The summed E-state index contributed by atoms with van der Waals surface area (Å²) in [5, 5.41) is 6.70. The minimum absolute atomic E-state index is 0. The molecule has 0 aromatic rings. The van der Waals surface area contributed by atoms with Crippen LogP contribution in [0.1, 0.15) is 45.4 Å². The molecule has 1 saturated heterocycles. The molecule has 1 aliphatic heterocycles. The van der Waals surface area contributed by atoms with Gasteiger partial charge in [-0.15, -0.1) is 24.0 Å². The van der Waals surface area contributed by atoms with E-state index in [-0.39, 0.29) is 24.0 Å². The summed E-state index contributed by atoms with van der Waals surface area (Å²) < 4.78 is 0. The second kappa shape index (κ2) is 12.7. The molecule has 0 atom stereocenters. The van der Waals surface area contributed by atoms with Gasteiger partial charge in [-0.2, -0.15) is 0 Å². The molecule has 1 saturated carbocycles. The Balaban J connectivity index is 0.00000312. The van der Waals surface area contributed by atoms with Gasteiger partial charge < -0.3 is 15.5 Å². The highest BCUT2D eigenvalue weighted by Crippen LogP contribution is 2.26. The SMILES string of the molecule is CCCCNC(=NC)NCCN1CCN(C(=O)C2CCCC2)CC1.I. The van der Waals surface area contributed by atoms with Crippen LogP contribution >= 0.6 is 24.0 Å². The van der Waals surface area contributed by atoms with Gasteiger partial charge in [0.1, 0.15) is 0 Å². The first-order valence-corrected chi connectivity index (χ1v) is 9.70. The molecule has 0 bridgehead atoms. The molecule has 2 aliphatic rings. The monoisotopic (exact) mass is 465 g/mol. The summed E-state index contributed by atoms with van der Waals surface area (Å²) in [6.07, 6.45) is 7.02. The number of amides is 1. The number of carbonyl (C=O) groups excluding carboxylic acids is 1. The van der Waals surface area contributed by atoms with E-state index in [0.29, 0.717) is 11.8 Å². The van der Waals surface area contributed by atoms with Crippen LogP contribution in [0.2, 0.25) is 0 Å². The standard InChI is InChI=1S/C18H35N5O.HI/c1-3-4-9-20-18(19-2)21-10-11-22-12-14-23(15-13-22)17(24)16-7-5-6-8-16;/h16H,3-15H2,1-2H3,(H2,19,20,21);1H. The fourth-order valence-electron chi connectivity index (χ4n) is 3.56. The number of nitrogens with zero attached hydrogens (tertiary/aromatic N) is 3. The van der Waals surface area contributed by atoms with Gasteiger partial charge in [0.05, 0.1) is 0 Å². The van der Waals surface area contributed by atoms with Crippen molar-refractivity contribution >= 4 is 35.8 Å². The molecule has 1 aliphatic carbocycles. The first-order valence-electron chi connectivity index (χ1n) is 9.70. The molecule has 6 nitrogen and oxygen atoms in total. The van der Waals surface area contributed by atoms with Crippen molar-refractivity contribution in [3.05, 3.63) is 0 Å². The molecular formula is C18H36IN5O. The zero-order chi connectivity index (χ0) is 17.2. The molecule has 0 aromatic heterocycles. The molecule has 7 heteroatoms. The molecule has 2 N–H and O–H groups in total. The summed E-state index contributed by atoms with van der Waals surface area (Å²) in [5.41, 5.74) is 0. The van der Waals surface area contributed by atoms with Gasteiger partial charge in [0.2, 0.25) is 5.91 Å². The Hall–Kier alpha value is -0.570. The Bertz CT molecular complexity index is 404. The lowest BCUT2D eigenvalue weighted by atomic mass is 10.1. The predicted octanol–water partition coefficient (Wildman–Crippen LogP) is 1.90. The minimum Gasteiger partial charge on any atom is -0.356 e. The van der Waals surface area contributed by atoms with E-state index in [1.165, 1.54) is 19.3 Å². The van der Waals surface area contributed by atoms with Gasteiger partial charge in [0.15, 0.2) is 5.96 Å². The summed E-state index contributed by atoms with van der Waals surface area (Å²) >= 11 is 0. The van der Waals surface area contributed by atoms with Gasteiger partial charge in [-0.3, -0.25) is 14.7 Å². The number of unbranched alkanes of at least 4 members (excludes halogenated alkanes) is 1. The molecule has 2 fully saturated rings. The normalized spacial score (nSPS) is 19.6. The molecule has 25 heavy (non-hydrogen) atoms. The number of rotatable bonds is 7. The van der Waals surface area contributed by atoms with Crippen LogP contribution in [0.25, 0.3) is 0 Å². The number of aliphatic imine (C=N–C) groups is 1. The number of piperazine rings is 1. The quantitative estimate of drug-likeness (QED) is 0.261. The van der Waals surface area contributed by atoms with E-state index in [4.69, 9.17) is 0 Å². The number of guanidine groups is 1. The highest BCUT2D eigenvalue weighted by Gasteiger charge is 2.29. The van der Waals surface area contributed by atoms with Crippen molar-refractivity contribution in [2.24, 2.45) is 10.9 Å². The van der Waals surface area contributed by atoms with Gasteiger partial charge in [0.25, 0.3) is 0 Å². The van der Waals surface area contributed by atoms with Crippen LogP contribution in [-0.2, 0) is 4.79 Å². The van der Waals surface area contributed by atoms with Crippen molar-refractivity contribution in [2.75, 3.05) is 52.9 Å². The molecule has 0 spiro atoms. The highest BCUT2D eigenvalue weighted by atomic mass is 127. The summed E-state index contributed by atoms with van der Waals surface area (Å²) in [7, 11) is 1.81. The summed E-state index contributed by atoms with van der Waals surface area (Å²) in [6, 6.07) is 0. The zero-order valence-corrected chi connectivity index (χ0v) is 18.3. The lowest BCUT2D eigenvalue weighted by Crippen LogP contribution is -2.51. The molecule has 0 radical (unpaired) electrons. The van der Waals surface area contributed by atoms with Crippen LogP contribution in [0.4, 0.5) is 0 Å². The average Bonchev–Trinajstić information content (AvgIpc) is 3.15. The molecule has 146 valence electrons. The number of nitrogens with one attached hydrogen (secondary N) is 2. The van der Waals surface area contributed by atoms with E-state index in [2.05, 4.69) is 32.3 Å². The zero-order valence-electron chi connectivity index (χ0n) is 15.9. The Morgan fingerprint density at radius 1 is 1.08 bits per heavy atom. The number of carbonyl (C=O) groups is 1. The average molecular weight is 465 g/mol. The molecule has 0 aromatic carbocycles. The summed E-state index contributed by atoms with van der Waals surface area (Å²) in [6.45, 7) is 8.80. The topological polar surface area (TPSA) is 60.0 Å². The number of halogens is 1. The van der Waals surface area contributed by atoms with Gasteiger partial charge in [0, 0.05) is 58.8 Å².